The summed E-state index contributed by atoms with van der Waals surface area (Å²) < 4.78 is 10.5. The van der Waals surface area contributed by atoms with Gasteiger partial charge in [0.15, 0.2) is 6.10 Å². The monoisotopic (exact) mass is 303 g/mol. The molecular formula is C17H21NO4. The van der Waals surface area contributed by atoms with Crippen molar-refractivity contribution in [1.29, 1.82) is 0 Å². The van der Waals surface area contributed by atoms with Crippen molar-refractivity contribution in [2.75, 3.05) is 0 Å². The molecule has 1 atom stereocenters. The van der Waals surface area contributed by atoms with E-state index < -0.39 is 18.0 Å². The van der Waals surface area contributed by atoms with Crippen LogP contribution in [0.1, 0.15) is 43.4 Å². The summed E-state index contributed by atoms with van der Waals surface area (Å²) in [6, 6.07) is 4.03. The van der Waals surface area contributed by atoms with Gasteiger partial charge in [0, 0.05) is 10.9 Å². The molecule has 1 amide bonds. The number of esters is 1. The Balaban J connectivity index is 2.27. The van der Waals surface area contributed by atoms with Crippen molar-refractivity contribution in [2.24, 2.45) is 5.73 Å². The number of ether oxygens (including phenoxy) is 1. The van der Waals surface area contributed by atoms with Gasteiger partial charge in [0.25, 0.3) is 5.91 Å². The Bertz CT molecular complexity index is 715. The van der Waals surface area contributed by atoms with Crippen molar-refractivity contribution < 1.29 is 18.7 Å². The minimum Gasteiger partial charge on any atom is -0.464 e. The van der Waals surface area contributed by atoms with Crippen LogP contribution in [0.15, 0.2) is 22.8 Å². The number of carbonyl (C=O) groups excluding carboxylic acids is 2. The fourth-order valence-corrected chi connectivity index (χ4v) is 2.46. The van der Waals surface area contributed by atoms with Crippen LogP contribution < -0.4 is 5.73 Å². The molecule has 1 aromatic carbocycles. The zero-order valence-electron chi connectivity index (χ0n) is 13.3. The Kier molecular flexibility index (Phi) is 4.54. The standard InChI is InChI=1S/C17H21NO4/c1-9(2)13-7-14-12(8-21-15(14)5-10(13)3)6-16(19)22-11(4)17(18)20/h5,7-9,11H,6H2,1-4H3,(H2,18,20). The molecule has 0 spiro atoms. The molecule has 0 saturated heterocycles. The van der Waals surface area contributed by atoms with Crippen molar-refractivity contribution in [3.63, 3.8) is 0 Å². The van der Waals surface area contributed by atoms with Gasteiger partial charge in [-0.2, -0.15) is 0 Å². The number of aryl methyl sites for hydroxylation is 1. The van der Waals surface area contributed by atoms with Crippen LogP contribution in [0.25, 0.3) is 11.0 Å². The zero-order valence-corrected chi connectivity index (χ0v) is 13.3. The maximum absolute atomic E-state index is 11.9. The molecule has 0 radical (unpaired) electrons. The highest BCUT2D eigenvalue weighted by molar-refractivity contribution is 5.88. The van der Waals surface area contributed by atoms with Gasteiger partial charge in [0.1, 0.15) is 5.58 Å². The van der Waals surface area contributed by atoms with E-state index in [0.29, 0.717) is 5.92 Å². The molecule has 22 heavy (non-hydrogen) atoms. The lowest BCUT2D eigenvalue weighted by molar-refractivity contribution is -0.153. The molecule has 1 unspecified atom stereocenters. The quantitative estimate of drug-likeness (QED) is 0.861. The summed E-state index contributed by atoms with van der Waals surface area (Å²) in [5.41, 5.74) is 8.95. The molecule has 1 heterocycles. The molecule has 0 aliphatic heterocycles. The molecule has 0 saturated carbocycles. The molecule has 5 heteroatoms. The number of benzene rings is 1. The van der Waals surface area contributed by atoms with E-state index in [1.165, 1.54) is 12.5 Å². The lowest BCUT2D eigenvalue weighted by Gasteiger charge is -2.11. The Labute approximate surface area is 129 Å². The Morgan fingerprint density at radius 2 is 1.95 bits per heavy atom. The van der Waals surface area contributed by atoms with Crippen LogP contribution in [0.3, 0.4) is 0 Å². The Hall–Kier alpha value is -2.30. The summed E-state index contributed by atoms with van der Waals surface area (Å²) in [6.07, 6.45) is 0.675. The van der Waals surface area contributed by atoms with Gasteiger partial charge in [-0.1, -0.05) is 13.8 Å². The predicted molar refractivity (Wildman–Crippen MR) is 83.5 cm³/mol. The van der Waals surface area contributed by atoms with Crippen LogP contribution in [-0.2, 0) is 20.7 Å². The first kappa shape index (κ1) is 16.1. The van der Waals surface area contributed by atoms with E-state index in [0.717, 1.165) is 22.1 Å². The van der Waals surface area contributed by atoms with Gasteiger partial charge >= 0.3 is 5.97 Å². The van der Waals surface area contributed by atoms with Gasteiger partial charge in [-0.05, 0) is 43.0 Å². The average Bonchev–Trinajstić information content (AvgIpc) is 2.79. The van der Waals surface area contributed by atoms with Crippen molar-refractivity contribution in [2.45, 2.75) is 46.1 Å². The molecule has 118 valence electrons. The van der Waals surface area contributed by atoms with Crippen molar-refractivity contribution in [3.8, 4) is 0 Å². The lowest BCUT2D eigenvalue weighted by atomic mass is 9.95. The highest BCUT2D eigenvalue weighted by Crippen LogP contribution is 2.29. The topological polar surface area (TPSA) is 82.5 Å². The molecular weight excluding hydrogens is 282 g/mol. The fourth-order valence-electron chi connectivity index (χ4n) is 2.46. The second-order valence-corrected chi connectivity index (χ2v) is 5.83. The van der Waals surface area contributed by atoms with Gasteiger partial charge < -0.3 is 14.9 Å². The van der Waals surface area contributed by atoms with E-state index >= 15 is 0 Å². The fraction of sp³-hybridized carbons (Fsp3) is 0.412. The van der Waals surface area contributed by atoms with Crippen LogP contribution in [0.2, 0.25) is 0 Å². The summed E-state index contributed by atoms with van der Waals surface area (Å²) in [7, 11) is 0. The summed E-state index contributed by atoms with van der Waals surface area (Å²) in [5, 5.41) is 0.901. The summed E-state index contributed by atoms with van der Waals surface area (Å²) in [4.78, 5) is 22.8. The number of furan rings is 1. The highest BCUT2D eigenvalue weighted by atomic mass is 16.5. The smallest absolute Gasteiger partial charge is 0.311 e. The van der Waals surface area contributed by atoms with Crippen LogP contribution in [0, 0.1) is 6.92 Å². The Morgan fingerprint density at radius 1 is 1.27 bits per heavy atom. The Morgan fingerprint density at radius 3 is 2.55 bits per heavy atom. The second kappa shape index (κ2) is 6.22. The minimum atomic E-state index is -0.931. The van der Waals surface area contributed by atoms with Crippen LogP contribution >= 0.6 is 0 Å². The van der Waals surface area contributed by atoms with Crippen LogP contribution in [0.4, 0.5) is 0 Å². The van der Waals surface area contributed by atoms with E-state index in [1.807, 2.05) is 13.0 Å². The predicted octanol–water partition coefficient (Wildman–Crippen LogP) is 2.82. The molecule has 1 aromatic heterocycles. The lowest BCUT2D eigenvalue weighted by Crippen LogP contribution is -2.30. The largest absolute Gasteiger partial charge is 0.464 e. The number of amides is 1. The molecule has 0 aliphatic rings. The van der Waals surface area contributed by atoms with Gasteiger partial charge in [0.2, 0.25) is 0 Å². The van der Waals surface area contributed by atoms with Gasteiger partial charge in [-0.15, -0.1) is 0 Å². The summed E-state index contributed by atoms with van der Waals surface area (Å²) in [5.74, 6) is -0.780. The third-order valence-electron chi connectivity index (χ3n) is 3.71. The molecule has 0 bridgehead atoms. The van der Waals surface area contributed by atoms with Crippen molar-refractivity contribution >= 4 is 22.8 Å². The molecule has 2 N–H and O–H groups in total. The van der Waals surface area contributed by atoms with Crippen molar-refractivity contribution in [3.05, 3.63) is 35.1 Å². The molecule has 0 aliphatic carbocycles. The average molecular weight is 303 g/mol. The maximum Gasteiger partial charge on any atom is 0.311 e. The number of nitrogens with two attached hydrogens (primary N) is 1. The van der Waals surface area contributed by atoms with E-state index in [1.54, 1.807) is 6.26 Å². The molecule has 0 fully saturated rings. The van der Waals surface area contributed by atoms with Gasteiger partial charge in [-0.3, -0.25) is 9.59 Å². The van der Waals surface area contributed by atoms with Crippen LogP contribution in [0.5, 0.6) is 0 Å². The first-order valence-corrected chi connectivity index (χ1v) is 7.29. The summed E-state index contributed by atoms with van der Waals surface area (Å²) in [6.45, 7) is 7.74. The number of primary amides is 1. The SMILES string of the molecule is Cc1cc2occ(CC(=O)OC(C)C(N)=O)c2cc1C(C)C. The van der Waals surface area contributed by atoms with Crippen LogP contribution in [-0.4, -0.2) is 18.0 Å². The normalized spacial score (nSPS) is 12.6. The number of fused-ring (bicyclic) bond motifs is 1. The number of hydrogen-bond donors (Lipinski definition) is 1. The molecule has 2 aromatic rings. The first-order chi connectivity index (χ1) is 10.3. The third-order valence-corrected chi connectivity index (χ3v) is 3.71. The third kappa shape index (κ3) is 3.30. The van der Waals surface area contributed by atoms with E-state index in [2.05, 4.69) is 19.9 Å². The summed E-state index contributed by atoms with van der Waals surface area (Å²) >= 11 is 0. The minimum absolute atomic E-state index is 0.0468. The second-order valence-electron chi connectivity index (χ2n) is 5.83. The number of hydrogen-bond acceptors (Lipinski definition) is 4. The van der Waals surface area contributed by atoms with Gasteiger partial charge in [-0.25, -0.2) is 0 Å². The molecule has 2 rings (SSSR count). The van der Waals surface area contributed by atoms with E-state index in [-0.39, 0.29) is 6.42 Å². The maximum atomic E-state index is 11.9. The molecule has 5 nitrogen and oxygen atoms in total. The van der Waals surface area contributed by atoms with Gasteiger partial charge in [0.05, 0.1) is 12.7 Å². The van der Waals surface area contributed by atoms with E-state index in [9.17, 15) is 9.59 Å². The number of rotatable bonds is 5. The number of carbonyl (C=O) groups is 2. The van der Waals surface area contributed by atoms with Crippen molar-refractivity contribution in [1.82, 2.24) is 0 Å². The van der Waals surface area contributed by atoms with E-state index in [4.69, 9.17) is 14.9 Å². The first-order valence-electron chi connectivity index (χ1n) is 7.29. The zero-order chi connectivity index (χ0) is 16.4. The highest BCUT2D eigenvalue weighted by Gasteiger charge is 2.18.